The van der Waals surface area contributed by atoms with Crippen molar-refractivity contribution in [3.8, 4) is 0 Å². The standard InChI is InChI=1S/C20H30N6O/c1-4-5-6-16-25-17(19(22)23)18(20(24)27-13(2)3)26(16)12-15-9-7-14(11-21)8-10-15/h7-10,13,24H,4-6,11-12,21H2,1-3H3,(H3,22,23). The predicted molar refractivity (Wildman–Crippen MR) is 108 cm³/mol. The number of unbranched alkanes of at least 4 members (excludes halogenated alkanes) is 1. The average molecular weight is 371 g/mol. The lowest BCUT2D eigenvalue weighted by atomic mass is 10.1. The first kappa shape index (κ1) is 20.6. The molecule has 0 aliphatic carbocycles. The number of aromatic nitrogens is 2. The molecule has 27 heavy (non-hydrogen) atoms. The first-order valence-corrected chi connectivity index (χ1v) is 9.34. The average Bonchev–Trinajstić information content (AvgIpc) is 2.98. The van der Waals surface area contributed by atoms with Crippen LogP contribution in [0.1, 0.15) is 62.0 Å². The van der Waals surface area contributed by atoms with E-state index in [1.807, 2.05) is 42.7 Å². The van der Waals surface area contributed by atoms with Gasteiger partial charge in [0.25, 0.3) is 0 Å². The molecule has 0 aliphatic rings. The molecule has 0 saturated carbocycles. The molecule has 0 amide bonds. The largest absolute Gasteiger partial charge is 0.474 e. The zero-order chi connectivity index (χ0) is 20.0. The van der Waals surface area contributed by atoms with Gasteiger partial charge in [0, 0.05) is 19.5 Å². The van der Waals surface area contributed by atoms with Crippen LogP contribution in [0, 0.1) is 10.8 Å². The quantitative estimate of drug-likeness (QED) is 0.400. The number of nitrogens with one attached hydrogen (secondary N) is 2. The molecule has 6 N–H and O–H groups in total. The Morgan fingerprint density at radius 3 is 2.33 bits per heavy atom. The van der Waals surface area contributed by atoms with Crippen LogP contribution in [0.3, 0.4) is 0 Å². The Labute approximate surface area is 160 Å². The minimum Gasteiger partial charge on any atom is -0.474 e. The molecular formula is C20H30N6O. The van der Waals surface area contributed by atoms with Crippen molar-refractivity contribution in [2.24, 2.45) is 11.5 Å². The summed E-state index contributed by atoms with van der Waals surface area (Å²) in [7, 11) is 0. The van der Waals surface area contributed by atoms with Crippen LogP contribution in [-0.2, 0) is 24.2 Å². The molecule has 7 nitrogen and oxygen atoms in total. The Morgan fingerprint density at radius 2 is 1.81 bits per heavy atom. The molecule has 1 aromatic heterocycles. The topological polar surface area (TPSA) is 127 Å². The number of amidine groups is 1. The molecule has 2 aromatic rings. The summed E-state index contributed by atoms with van der Waals surface area (Å²) in [6, 6.07) is 8.05. The van der Waals surface area contributed by atoms with Gasteiger partial charge in [0.1, 0.15) is 23.0 Å². The van der Waals surface area contributed by atoms with Crippen molar-refractivity contribution in [3.05, 3.63) is 52.6 Å². The summed E-state index contributed by atoms with van der Waals surface area (Å²) in [6.07, 6.45) is 2.61. The van der Waals surface area contributed by atoms with Crippen molar-refractivity contribution in [3.63, 3.8) is 0 Å². The monoisotopic (exact) mass is 370 g/mol. The normalized spacial score (nSPS) is 11.0. The Balaban J connectivity index is 2.51. The number of benzene rings is 1. The number of hydrogen-bond acceptors (Lipinski definition) is 5. The summed E-state index contributed by atoms with van der Waals surface area (Å²) in [6.45, 7) is 6.89. The van der Waals surface area contributed by atoms with Gasteiger partial charge in [-0.3, -0.25) is 10.8 Å². The highest BCUT2D eigenvalue weighted by molar-refractivity contribution is 6.04. The van der Waals surface area contributed by atoms with E-state index in [1.54, 1.807) is 0 Å². The summed E-state index contributed by atoms with van der Waals surface area (Å²) >= 11 is 0. The molecule has 1 aromatic carbocycles. The van der Waals surface area contributed by atoms with Crippen molar-refractivity contribution in [2.75, 3.05) is 0 Å². The van der Waals surface area contributed by atoms with Gasteiger partial charge in [-0.15, -0.1) is 0 Å². The van der Waals surface area contributed by atoms with Crippen LogP contribution in [0.15, 0.2) is 24.3 Å². The number of aryl methyl sites for hydroxylation is 1. The van der Waals surface area contributed by atoms with Crippen molar-refractivity contribution in [1.29, 1.82) is 10.8 Å². The van der Waals surface area contributed by atoms with E-state index in [2.05, 4.69) is 11.9 Å². The van der Waals surface area contributed by atoms with Crippen molar-refractivity contribution in [1.82, 2.24) is 9.55 Å². The number of hydrogen-bond donors (Lipinski definition) is 4. The van der Waals surface area contributed by atoms with Crippen LogP contribution in [0.5, 0.6) is 0 Å². The number of imidazole rings is 1. The maximum absolute atomic E-state index is 8.40. The fourth-order valence-corrected chi connectivity index (χ4v) is 2.87. The lowest BCUT2D eigenvalue weighted by molar-refractivity contribution is 0.226. The summed E-state index contributed by atoms with van der Waals surface area (Å²) < 4.78 is 7.57. The maximum atomic E-state index is 8.40. The van der Waals surface area contributed by atoms with E-state index in [1.165, 1.54) is 0 Å². The lowest BCUT2D eigenvalue weighted by Gasteiger charge is -2.16. The van der Waals surface area contributed by atoms with Crippen LogP contribution in [0.25, 0.3) is 0 Å². The van der Waals surface area contributed by atoms with E-state index < -0.39 is 0 Å². The van der Waals surface area contributed by atoms with Crippen LogP contribution < -0.4 is 11.5 Å². The molecule has 0 atom stereocenters. The second-order valence-electron chi connectivity index (χ2n) is 6.84. The molecule has 0 spiro atoms. The summed E-state index contributed by atoms with van der Waals surface area (Å²) in [5, 5.41) is 16.3. The first-order valence-electron chi connectivity index (χ1n) is 9.34. The summed E-state index contributed by atoms with van der Waals surface area (Å²) in [5.74, 6) is 0.651. The fraction of sp³-hybridized carbons (Fsp3) is 0.450. The molecule has 7 heteroatoms. The van der Waals surface area contributed by atoms with Crippen LogP contribution in [-0.4, -0.2) is 27.4 Å². The van der Waals surface area contributed by atoms with Gasteiger partial charge in [-0.05, 0) is 31.4 Å². The van der Waals surface area contributed by atoms with Crippen molar-refractivity contribution < 1.29 is 4.74 Å². The minimum atomic E-state index is -0.155. The number of nitrogens with two attached hydrogens (primary N) is 2. The highest BCUT2D eigenvalue weighted by atomic mass is 16.5. The smallest absolute Gasteiger partial charge is 0.233 e. The van der Waals surface area contributed by atoms with E-state index in [0.29, 0.717) is 24.5 Å². The van der Waals surface area contributed by atoms with E-state index in [4.69, 9.17) is 27.0 Å². The van der Waals surface area contributed by atoms with E-state index in [-0.39, 0.29) is 17.8 Å². The second kappa shape index (κ2) is 9.32. The molecule has 0 bridgehead atoms. The highest BCUT2D eigenvalue weighted by Gasteiger charge is 2.24. The van der Waals surface area contributed by atoms with Gasteiger partial charge in [-0.1, -0.05) is 37.6 Å². The third-order valence-corrected chi connectivity index (χ3v) is 4.22. The first-order chi connectivity index (χ1) is 12.9. The summed E-state index contributed by atoms with van der Waals surface area (Å²) in [4.78, 5) is 4.58. The second-order valence-corrected chi connectivity index (χ2v) is 6.84. The maximum Gasteiger partial charge on any atom is 0.233 e. The van der Waals surface area contributed by atoms with Crippen LogP contribution in [0.4, 0.5) is 0 Å². The van der Waals surface area contributed by atoms with Crippen molar-refractivity contribution >= 4 is 11.7 Å². The van der Waals surface area contributed by atoms with Gasteiger partial charge in [0.2, 0.25) is 5.90 Å². The van der Waals surface area contributed by atoms with E-state index in [0.717, 1.165) is 36.2 Å². The molecule has 0 radical (unpaired) electrons. The van der Waals surface area contributed by atoms with Gasteiger partial charge in [0.05, 0.1) is 6.10 Å². The predicted octanol–water partition coefficient (Wildman–Crippen LogP) is 2.77. The molecule has 1 heterocycles. The molecule has 0 saturated heterocycles. The summed E-state index contributed by atoms with van der Waals surface area (Å²) in [5.41, 5.74) is 14.4. The minimum absolute atomic E-state index is 0.0102. The third kappa shape index (κ3) is 5.17. The van der Waals surface area contributed by atoms with Gasteiger partial charge in [-0.25, -0.2) is 4.98 Å². The zero-order valence-corrected chi connectivity index (χ0v) is 16.4. The number of nitrogens with zero attached hydrogens (tertiary/aromatic N) is 2. The third-order valence-electron chi connectivity index (χ3n) is 4.22. The molecule has 2 rings (SSSR count). The Hall–Kier alpha value is -2.67. The highest BCUT2D eigenvalue weighted by Crippen LogP contribution is 2.19. The van der Waals surface area contributed by atoms with Crippen LogP contribution in [0.2, 0.25) is 0 Å². The molecular weight excluding hydrogens is 340 g/mol. The zero-order valence-electron chi connectivity index (χ0n) is 16.4. The van der Waals surface area contributed by atoms with Gasteiger partial charge >= 0.3 is 0 Å². The fourth-order valence-electron chi connectivity index (χ4n) is 2.87. The Kier molecular flexibility index (Phi) is 7.12. The van der Waals surface area contributed by atoms with E-state index >= 15 is 0 Å². The Bertz CT molecular complexity index is 792. The molecule has 0 aliphatic heterocycles. The molecule has 0 fully saturated rings. The number of ether oxygens (including phenoxy) is 1. The van der Waals surface area contributed by atoms with Gasteiger partial charge in [-0.2, -0.15) is 0 Å². The number of rotatable bonds is 9. The lowest BCUT2D eigenvalue weighted by Crippen LogP contribution is -2.22. The number of nitrogen functional groups attached to an aromatic ring is 1. The van der Waals surface area contributed by atoms with Gasteiger partial charge < -0.3 is 20.8 Å². The van der Waals surface area contributed by atoms with Gasteiger partial charge in [0.15, 0.2) is 0 Å². The molecule has 146 valence electrons. The molecule has 0 unspecified atom stereocenters. The van der Waals surface area contributed by atoms with Crippen molar-refractivity contribution in [2.45, 2.75) is 59.2 Å². The van der Waals surface area contributed by atoms with Crippen LogP contribution >= 0.6 is 0 Å². The SMILES string of the molecule is CCCCc1nc(C(=N)N)c(C(=N)OC(C)C)n1Cc1ccc(CN)cc1. The Morgan fingerprint density at radius 1 is 1.19 bits per heavy atom. The van der Waals surface area contributed by atoms with E-state index in [9.17, 15) is 0 Å².